The van der Waals surface area contributed by atoms with Gasteiger partial charge in [0, 0.05) is 6.54 Å². The zero-order valence-corrected chi connectivity index (χ0v) is 7.45. The molecule has 3 N–H and O–H groups in total. The van der Waals surface area contributed by atoms with Crippen molar-refractivity contribution in [3.05, 3.63) is 0 Å². The van der Waals surface area contributed by atoms with E-state index in [4.69, 9.17) is 10.6 Å². The molecule has 74 valence electrons. The Morgan fingerprint density at radius 1 is 1.77 bits per heavy atom. The van der Waals surface area contributed by atoms with Gasteiger partial charge in [0.05, 0.1) is 6.61 Å². The molecule has 6 nitrogen and oxygen atoms in total. The van der Waals surface area contributed by atoms with Crippen molar-refractivity contribution < 1.29 is 14.3 Å². The van der Waals surface area contributed by atoms with Gasteiger partial charge in [-0.1, -0.05) is 0 Å². The number of nitrogens with two attached hydrogens (primary N) is 1. The fourth-order valence-electron chi connectivity index (χ4n) is 1.20. The van der Waals surface area contributed by atoms with E-state index < -0.39 is 6.04 Å². The first-order chi connectivity index (χ1) is 6.16. The minimum Gasteiger partial charge on any atom is -0.370 e. The van der Waals surface area contributed by atoms with E-state index in [0.29, 0.717) is 13.2 Å². The molecule has 1 rings (SSSR count). The van der Waals surface area contributed by atoms with E-state index in [1.807, 2.05) is 5.43 Å². The van der Waals surface area contributed by atoms with Crippen LogP contribution in [-0.2, 0) is 14.3 Å². The van der Waals surface area contributed by atoms with E-state index in [-0.39, 0.29) is 18.4 Å². The smallest absolute Gasteiger partial charge is 0.256 e. The number of nitrogens with one attached hydrogen (secondary N) is 1. The minimum absolute atomic E-state index is 0.0438. The second-order valence-electron chi connectivity index (χ2n) is 2.82. The number of carbonyl (C=O) groups excluding carboxylic acids is 2. The molecule has 0 aromatic heterocycles. The zero-order chi connectivity index (χ0) is 9.84. The van der Waals surface area contributed by atoms with Gasteiger partial charge in [-0.2, -0.15) is 0 Å². The molecule has 1 fully saturated rings. The molecule has 2 amide bonds. The Morgan fingerprint density at radius 2 is 2.46 bits per heavy atom. The predicted molar refractivity (Wildman–Crippen MR) is 44.3 cm³/mol. The largest absolute Gasteiger partial charge is 0.370 e. The fraction of sp³-hybridized carbons (Fsp3) is 0.714. The summed E-state index contributed by atoms with van der Waals surface area (Å²) in [5.74, 6) is 4.41. The summed E-state index contributed by atoms with van der Waals surface area (Å²) in [6, 6.07) is -0.526. The highest BCUT2D eigenvalue weighted by Crippen LogP contribution is 2.04. The van der Waals surface area contributed by atoms with Crippen LogP contribution in [0, 0.1) is 0 Å². The summed E-state index contributed by atoms with van der Waals surface area (Å²) in [5.41, 5.74) is 2.01. The number of ether oxygens (including phenoxy) is 1. The number of hydrogen-bond acceptors (Lipinski definition) is 4. The van der Waals surface area contributed by atoms with Crippen LogP contribution in [-0.4, -0.2) is 42.5 Å². The molecule has 1 heterocycles. The van der Waals surface area contributed by atoms with Crippen molar-refractivity contribution in [2.45, 2.75) is 13.0 Å². The number of nitrogens with zero attached hydrogens (tertiary/aromatic N) is 1. The Bertz CT molecular complexity index is 219. The maximum absolute atomic E-state index is 11.2. The topological polar surface area (TPSA) is 84.7 Å². The second kappa shape index (κ2) is 4.20. The minimum atomic E-state index is -0.526. The third-order valence-electron chi connectivity index (χ3n) is 2.01. The maximum atomic E-state index is 11.2. The van der Waals surface area contributed by atoms with Gasteiger partial charge in [-0.05, 0) is 6.92 Å². The van der Waals surface area contributed by atoms with Crippen LogP contribution in [0.15, 0.2) is 0 Å². The lowest BCUT2D eigenvalue weighted by molar-refractivity contribution is -0.149. The Morgan fingerprint density at radius 3 is 3.00 bits per heavy atom. The standard InChI is InChI=1S/C7H13N3O3/c1-5(7(12)9-8)10-2-3-13-4-6(10)11/h5H,2-4,8H2,1H3,(H,9,12). The first-order valence-corrected chi connectivity index (χ1v) is 4.04. The molecule has 0 spiro atoms. The van der Waals surface area contributed by atoms with Gasteiger partial charge in [0.1, 0.15) is 12.6 Å². The maximum Gasteiger partial charge on any atom is 0.256 e. The van der Waals surface area contributed by atoms with Gasteiger partial charge in [0.2, 0.25) is 5.91 Å². The second-order valence-corrected chi connectivity index (χ2v) is 2.82. The molecule has 0 radical (unpaired) electrons. The average molecular weight is 187 g/mol. The van der Waals surface area contributed by atoms with Crippen molar-refractivity contribution in [1.82, 2.24) is 10.3 Å². The average Bonchev–Trinajstić information content (AvgIpc) is 2.16. The van der Waals surface area contributed by atoms with Crippen molar-refractivity contribution in [2.24, 2.45) is 5.84 Å². The molecule has 0 aliphatic carbocycles. The first kappa shape index (κ1) is 9.94. The highest BCUT2D eigenvalue weighted by molar-refractivity contribution is 5.87. The number of hydrogen-bond donors (Lipinski definition) is 2. The number of hydrazine groups is 1. The SMILES string of the molecule is CC(C(=O)NN)N1CCOCC1=O. The molecule has 1 unspecified atom stereocenters. The number of carbonyl (C=O) groups is 2. The molecule has 1 saturated heterocycles. The monoisotopic (exact) mass is 187 g/mol. The molecule has 0 aromatic carbocycles. The molecule has 13 heavy (non-hydrogen) atoms. The lowest BCUT2D eigenvalue weighted by atomic mass is 10.2. The van der Waals surface area contributed by atoms with Gasteiger partial charge >= 0.3 is 0 Å². The third kappa shape index (κ3) is 2.16. The summed E-state index contributed by atoms with van der Waals surface area (Å²) in [4.78, 5) is 23.8. The van der Waals surface area contributed by atoms with Crippen molar-refractivity contribution in [3.63, 3.8) is 0 Å². The number of amides is 2. The molecule has 1 aliphatic rings. The highest BCUT2D eigenvalue weighted by Gasteiger charge is 2.27. The first-order valence-electron chi connectivity index (χ1n) is 4.04. The van der Waals surface area contributed by atoms with E-state index >= 15 is 0 Å². The Hall–Kier alpha value is -1.14. The normalized spacial score (nSPS) is 19.8. The van der Waals surface area contributed by atoms with Gasteiger partial charge in [-0.3, -0.25) is 15.0 Å². The molecule has 0 bridgehead atoms. The molecular formula is C7H13N3O3. The van der Waals surface area contributed by atoms with E-state index in [1.54, 1.807) is 6.92 Å². The van der Waals surface area contributed by atoms with Crippen LogP contribution in [0.4, 0.5) is 0 Å². The van der Waals surface area contributed by atoms with Crippen molar-refractivity contribution in [3.8, 4) is 0 Å². The van der Waals surface area contributed by atoms with Gasteiger partial charge < -0.3 is 9.64 Å². The van der Waals surface area contributed by atoms with E-state index in [1.165, 1.54) is 4.90 Å². The Labute approximate surface area is 76.0 Å². The van der Waals surface area contributed by atoms with Crippen LogP contribution in [0.25, 0.3) is 0 Å². The zero-order valence-electron chi connectivity index (χ0n) is 7.45. The van der Waals surface area contributed by atoms with Crippen LogP contribution in [0.5, 0.6) is 0 Å². The summed E-state index contributed by atoms with van der Waals surface area (Å²) in [6.45, 7) is 2.58. The van der Waals surface area contributed by atoms with Gasteiger partial charge in [-0.25, -0.2) is 5.84 Å². The lowest BCUT2D eigenvalue weighted by Gasteiger charge is -2.30. The van der Waals surface area contributed by atoms with E-state index in [9.17, 15) is 9.59 Å². The molecule has 1 aliphatic heterocycles. The highest BCUT2D eigenvalue weighted by atomic mass is 16.5. The lowest BCUT2D eigenvalue weighted by Crippen LogP contribution is -2.53. The molecular weight excluding hydrogens is 174 g/mol. The van der Waals surface area contributed by atoms with Crippen LogP contribution >= 0.6 is 0 Å². The van der Waals surface area contributed by atoms with Gasteiger partial charge in [0.15, 0.2) is 0 Å². The number of rotatable bonds is 2. The summed E-state index contributed by atoms with van der Waals surface area (Å²) in [5, 5.41) is 0. The van der Waals surface area contributed by atoms with Crippen LogP contribution in [0.2, 0.25) is 0 Å². The van der Waals surface area contributed by atoms with Crippen LogP contribution < -0.4 is 11.3 Å². The molecule has 1 atom stereocenters. The summed E-state index contributed by atoms with van der Waals surface area (Å²) in [7, 11) is 0. The van der Waals surface area contributed by atoms with Gasteiger partial charge in [0.25, 0.3) is 5.91 Å². The van der Waals surface area contributed by atoms with Crippen LogP contribution in [0.3, 0.4) is 0 Å². The van der Waals surface area contributed by atoms with Crippen molar-refractivity contribution in [1.29, 1.82) is 0 Å². The summed E-state index contributed by atoms with van der Waals surface area (Å²) >= 11 is 0. The Balaban J connectivity index is 2.58. The number of morpholine rings is 1. The summed E-state index contributed by atoms with van der Waals surface area (Å²) in [6.07, 6.45) is 0. The van der Waals surface area contributed by atoms with Gasteiger partial charge in [-0.15, -0.1) is 0 Å². The summed E-state index contributed by atoms with van der Waals surface area (Å²) < 4.78 is 4.92. The van der Waals surface area contributed by atoms with Crippen molar-refractivity contribution in [2.75, 3.05) is 19.8 Å². The quantitative estimate of drug-likeness (QED) is 0.304. The fourth-order valence-corrected chi connectivity index (χ4v) is 1.20. The molecule has 6 heteroatoms. The van der Waals surface area contributed by atoms with E-state index in [2.05, 4.69) is 0 Å². The van der Waals surface area contributed by atoms with E-state index in [0.717, 1.165) is 0 Å². The van der Waals surface area contributed by atoms with Crippen LogP contribution in [0.1, 0.15) is 6.92 Å². The predicted octanol–water partition coefficient (Wildman–Crippen LogP) is -1.78. The third-order valence-corrected chi connectivity index (χ3v) is 2.01. The van der Waals surface area contributed by atoms with Crippen molar-refractivity contribution >= 4 is 11.8 Å². The Kier molecular flexibility index (Phi) is 3.21. The molecule has 0 saturated carbocycles. The molecule has 0 aromatic rings.